The highest BCUT2D eigenvalue weighted by Gasteiger charge is 2.29. The van der Waals surface area contributed by atoms with Gasteiger partial charge in [0.15, 0.2) is 0 Å². The zero-order valence-electron chi connectivity index (χ0n) is 13.7. The van der Waals surface area contributed by atoms with Crippen molar-refractivity contribution in [1.29, 1.82) is 0 Å². The normalized spacial score (nSPS) is 11.8. The van der Waals surface area contributed by atoms with Gasteiger partial charge in [-0.3, -0.25) is 20.2 Å². The quantitative estimate of drug-likeness (QED) is 0.328. The van der Waals surface area contributed by atoms with Crippen LogP contribution in [-0.4, -0.2) is 20.2 Å². The summed E-state index contributed by atoms with van der Waals surface area (Å²) in [5, 5.41) is 22.4. The SMILES string of the molecule is CCC(C)c1cc([N+](=O)[O-])cc([N+](=O)[O-])c1OC(=O)c1cc(C)ns1. The molecule has 9 nitrogen and oxygen atoms in total. The number of hydrogen-bond acceptors (Lipinski definition) is 8. The van der Waals surface area contributed by atoms with Gasteiger partial charge in [0.05, 0.1) is 21.6 Å². The minimum Gasteiger partial charge on any atom is -0.415 e. The van der Waals surface area contributed by atoms with Crippen molar-refractivity contribution in [1.82, 2.24) is 4.37 Å². The number of non-ortho nitro benzene ring substituents is 1. The summed E-state index contributed by atoms with van der Waals surface area (Å²) in [6.07, 6.45) is 0.558. The minimum absolute atomic E-state index is 0.195. The Morgan fingerprint density at radius 3 is 2.44 bits per heavy atom. The van der Waals surface area contributed by atoms with Crippen LogP contribution >= 0.6 is 11.5 Å². The van der Waals surface area contributed by atoms with Crippen molar-refractivity contribution in [3.05, 3.63) is 54.6 Å². The van der Waals surface area contributed by atoms with Gasteiger partial charge >= 0.3 is 11.7 Å². The minimum atomic E-state index is -0.792. The second kappa shape index (κ2) is 7.34. The number of nitrogens with zero attached hydrogens (tertiary/aromatic N) is 3. The number of nitro benzene ring substituents is 2. The molecule has 0 aliphatic carbocycles. The molecule has 2 rings (SSSR count). The van der Waals surface area contributed by atoms with Crippen LogP contribution in [0.2, 0.25) is 0 Å². The highest BCUT2D eigenvalue weighted by atomic mass is 32.1. The lowest BCUT2D eigenvalue weighted by atomic mass is 9.96. The Morgan fingerprint density at radius 2 is 1.96 bits per heavy atom. The third kappa shape index (κ3) is 3.97. The average molecular weight is 365 g/mol. The molecular formula is C15H15N3O6S. The van der Waals surface area contributed by atoms with Gasteiger partial charge in [-0.15, -0.1) is 0 Å². The average Bonchev–Trinajstić information content (AvgIpc) is 3.00. The van der Waals surface area contributed by atoms with Crippen LogP contribution in [0.4, 0.5) is 11.4 Å². The number of carbonyl (C=O) groups is 1. The molecule has 0 saturated heterocycles. The second-order valence-electron chi connectivity index (χ2n) is 5.43. The molecule has 25 heavy (non-hydrogen) atoms. The van der Waals surface area contributed by atoms with Crippen LogP contribution in [-0.2, 0) is 0 Å². The molecule has 1 aromatic carbocycles. The number of ether oxygens (including phenoxy) is 1. The van der Waals surface area contributed by atoms with Gasteiger partial charge < -0.3 is 4.74 Å². The summed E-state index contributed by atoms with van der Waals surface area (Å²) in [5.41, 5.74) is -0.162. The van der Waals surface area contributed by atoms with Crippen molar-refractivity contribution in [2.45, 2.75) is 33.1 Å². The van der Waals surface area contributed by atoms with Gasteiger partial charge in [-0.2, -0.15) is 4.37 Å². The Labute approximate surface area is 146 Å². The number of rotatable bonds is 6. The lowest BCUT2D eigenvalue weighted by Gasteiger charge is -2.14. The van der Waals surface area contributed by atoms with Crippen LogP contribution in [0.25, 0.3) is 0 Å². The molecule has 0 radical (unpaired) electrons. The Bertz CT molecular complexity index is 848. The van der Waals surface area contributed by atoms with Gasteiger partial charge in [0, 0.05) is 11.6 Å². The zero-order chi connectivity index (χ0) is 18.7. The van der Waals surface area contributed by atoms with E-state index in [4.69, 9.17) is 4.74 Å². The fraction of sp³-hybridized carbons (Fsp3) is 0.333. The first-order chi connectivity index (χ1) is 11.7. The Hall–Kier alpha value is -2.88. The number of esters is 1. The molecule has 0 spiro atoms. The van der Waals surface area contributed by atoms with Gasteiger partial charge in [0.2, 0.25) is 5.75 Å². The summed E-state index contributed by atoms with van der Waals surface area (Å²) in [6, 6.07) is 3.52. The van der Waals surface area contributed by atoms with Gasteiger partial charge in [-0.05, 0) is 36.9 Å². The zero-order valence-corrected chi connectivity index (χ0v) is 14.5. The third-order valence-electron chi connectivity index (χ3n) is 3.66. The molecule has 0 aliphatic heterocycles. The van der Waals surface area contributed by atoms with Crippen LogP contribution in [0.5, 0.6) is 5.75 Å². The smallest absolute Gasteiger partial charge is 0.355 e. The molecule has 0 amide bonds. The van der Waals surface area contributed by atoms with E-state index in [0.717, 1.165) is 17.6 Å². The first-order valence-corrected chi connectivity index (χ1v) is 8.14. The number of aromatic nitrogens is 1. The summed E-state index contributed by atoms with van der Waals surface area (Å²) in [5.74, 6) is -1.32. The molecule has 0 aliphatic rings. The molecule has 1 atom stereocenters. The first-order valence-electron chi connectivity index (χ1n) is 7.36. The van der Waals surface area contributed by atoms with Gasteiger partial charge in [-0.1, -0.05) is 13.8 Å². The fourth-order valence-corrected chi connectivity index (χ4v) is 2.80. The van der Waals surface area contributed by atoms with Crippen molar-refractivity contribution in [2.24, 2.45) is 0 Å². The Morgan fingerprint density at radius 1 is 1.28 bits per heavy atom. The standard InChI is InChI=1S/C15H15N3O6S/c1-4-8(2)11-6-10(17(20)21)7-12(18(22)23)14(11)24-15(19)13-5-9(3)16-25-13/h5-8H,4H2,1-3H3. The lowest BCUT2D eigenvalue weighted by molar-refractivity contribution is -0.394. The Balaban J connectivity index is 2.58. The number of benzene rings is 1. The predicted octanol–water partition coefficient (Wildman–Crippen LogP) is 4.00. The largest absolute Gasteiger partial charge is 0.415 e. The van der Waals surface area contributed by atoms with E-state index in [1.165, 1.54) is 12.1 Å². The third-order valence-corrected chi connectivity index (χ3v) is 4.52. The number of carbonyl (C=O) groups excluding carboxylic acids is 1. The molecule has 2 aromatic rings. The van der Waals surface area contributed by atoms with E-state index in [1.54, 1.807) is 13.8 Å². The van der Waals surface area contributed by atoms with Gasteiger partial charge in [0.25, 0.3) is 5.69 Å². The summed E-state index contributed by atoms with van der Waals surface area (Å²) in [7, 11) is 0. The number of aryl methyl sites for hydroxylation is 1. The second-order valence-corrected chi connectivity index (χ2v) is 6.23. The van der Waals surface area contributed by atoms with E-state index < -0.39 is 27.2 Å². The van der Waals surface area contributed by atoms with Crippen LogP contribution in [0.1, 0.15) is 47.1 Å². The maximum atomic E-state index is 12.3. The molecule has 0 bridgehead atoms. The number of hydrogen-bond donors (Lipinski definition) is 0. The highest BCUT2D eigenvalue weighted by molar-refractivity contribution is 7.08. The molecule has 0 N–H and O–H groups in total. The fourth-order valence-electron chi connectivity index (χ4n) is 2.16. The summed E-state index contributed by atoms with van der Waals surface area (Å²) in [6.45, 7) is 5.27. The van der Waals surface area contributed by atoms with E-state index in [-0.39, 0.29) is 22.1 Å². The predicted molar refractivity (Wildman–Crippen MR) is 90.3 cm³/mol. The molecule has 132 valence electrons. The van der Waals surface area contributed by atoms with Crippen LogP contribution < -0.4 is 4.74 Å². The molecule has 0 fully saturated rings. The monoisotopic (exact) mass is 365 g/mol. The van der Waals surface area contributed by atoms with Crippen molar-refractivity contribution in [3.8, 4) is 5.75 Å². The Kier molecular flexibility index (Phi) is 5.42. The van der Waals surface area contributed by atoms with E-state index in [1.807, 2.05) is 6.92 Å². The van der Waals surface area contributed by atoms with E-state index in [9.17, 15) is 25.0 Å². The van der Waals surface area contributed by atoms with E-state index in [0.29, 0.717) is 12.1 Å². The molecule has 1 heterocycles. The lowest BCUT2D eigenvalue weighted by Crippen LogP contribution is -2.11. The molecule has 1 unspecified atom stereocenters. The van der Waals surface area contributed by atoms with E-state index >= 15 is 0 Å². The van der Waals surface area contributed by atoms with Crippen LogP contribution in [0.15, 0.2) is 18.2 Å². The van der Waals surface area contributed by atoms with Gasteiger partial charge in [0.1, 0.15) is 4.88 Å². The maximum absolute atomic E-state index is 12.3. The summed E-state index contributed by atoms with van der Waals surface area (Å²) in [4.78, 5) is 33.4. The van der Waals surface area contributed by atoms with E-state index in [2.05, 4.69) is 4.37 Å². The van der Waals surface area contributed by atoms with Crippen molar-refractivity contribution < 1.29 is 19.4 Å². The molecular weight excluding hydrogens is 350 g/mol. The highest BCUT2D eigenvalue weighted by Crippen LogP contribution is 2.40. The van der Waals surface area contributed by atoms with Crippen molar-refractivity contribution in [3.63, 3.8) is 0 Å². The topological polar surface area (TPSA) is 125 Å². The number of nitro groups is 2. The summed E-state index contributed by atoms with van der Waals surface area (Å²) >= 11 is 0.917. The van der Waals surface area contributed by atoms with Crippen LogP contribution in [0.3, 0.4) is 0 Å². The molecule has 0 saturated carbocycles. The summed E-state index contributed by atoms with van der Waals surface area (Å²) < 4.78 is 9.23. The first kappa shape index (κ1) is 18.5. The van der Waals surface area contributed by atoms with Crippen LogP contribution in [0, 0.1) is 27.2 Å². The molecule has 10 heteroatoms. The van der Waals surface area contributed by atoms with Crippen molar-refractivity contribution in [2.75, 3.05) is 0 Å². The van der Waals surface area contributed by atoms with Gasteiger partial charge in [-0.25, -0.2) is 4.79 Å². The van der Waals surface area contributed by atoms with Crippen molar-refractivity contribution >= 4 is 28.9 Å². The molecule has 1 aromatic heterocycles. The maximum Gasteiger partial charge on any atom is 0.355 e.